The van der Waals surface area contributed by atoms with Crippen LogP contribution in [0.5, 0.6) is 5.88 Å². The zero-order valence-electron chi connectivity index (χ0n) is 25.5. The number of ether oxygens (including phenoxy) is 1. The smallest absolute Gasteiger partial charge is 0.394 e. The number of likely N-dealkylation sites (N-methyl/N-ethyl adjacent to an activating group) is 1. The number of halogens is 3. The Morgan fingerprint density at radius 2 is 1.71 bits per heavy atom. The van der Waals surface area contributed by atoms with E-state index in [-0.39, 0.29) is 54.2 Å². The first-order chi connectivity index (χ1) is 21.2. The minimum atomic E-state index is -4.29. The van der Waals surface area contributed by atoms with Crippen molar-refractivity contribution in [3.05, 3.63) is 65.2 Å². The number of alkyl halides is 3. The molecule has 6 rings (SSSR count). The van der Waals surface area contributed by atoms with Crippen LogP contribution in [-0.4, -0.2) is 61.5 Å². The van der Waals surface area contributed by atoms with Gasteiger partial charge in [-0.2, -0.15) is 18.2 Å². The molecular formula is C33H37F3N4O4S. The molecule has 3 aromatic rings. The monoisotopic (exact) mass is 642 g/mol. The van der Waals surface area contributed by atoms with E-state index in [1.165, 1.54) is 37.1 Å². The second-order valence-electron chi connectivity index (χ2n) is 13.2. The van der Waals surface area contributed by atoms with Crippen LogP contribution in [0.25, 0.3) is 11.3 Å². The van der Waals surface area contributed by atoms with Crippen LogP contribution in [0.1, 0.15) is 66.4 Å². The molecule has 2 aromatic carbocycles. The largest absolute Gasteiger partial charge is 0.476 e. The van der Waals surface area contributed by atoms with E-state index in [1.807, 2.05) is 44.0 Å². The Bertz CT molecular complexity index is 1690. The lowest BCUT2D eigenvalue weighted by Gasteiger charge is -2.46. The summed E-state index contributed by atoms with van der Waals surface area (Å²) in [5.74, 6) is -0.209. The number of hydrogen-bond donors (Lipinski definition) is 1. The van der Waals surface area contributed by atoms with Crippen LogP contribution in [0.15, 0.2) is 53.4 Å². The number of carbonyl (C=O) groups excluding carboxylic acids is 1. The van der Waals surface area contributed by atoms with Crippen molar-refractivity contribution >= 4 is 22.3 Å². The first-order valence-electron chi connectivity index (χ1n) is 15.2. The van der Waals surface area contributed by atoms with Crippen molar-refractivity contribution in [1.29, 1.82) is 0 Å². The highest BCUT2D eigenvalue weighted by Crippen LogP contribution is 2.63. The van der Waals surface area contributed by atoms with Crippen LogP contribution < -0.4 is 9.46 Å². The molecule has 1 atom stereocenters. The molecule has 3 aliphatic carbocycles. The Labute approximate surface area is 261 Å². The van der Waals surface area contributed by atoms with Gasteiger partial charge in [0, 0.05) is 29.3 Å². The fraction of sp³-hybridized carbons (Fsp3) is 0.485. The number of rotatable bonds is 12. The summed E-state index contributed by atoms with van der Waals surface area (Å²) >= 11 is 0. The van der Waals surface area contributed by atoms with Crippen molar-refractivity contribution in [2.24, 2.45) is 10.8 Å². The van der Waals surface area contributed by atoms with Crippen molar-refractivity contribution in [3.8, 4) is 17.1 Å². The molecule has 45 heavy (non-hydrogen) atoms. The number of aryl methyl sites for hydroxylation is 2. The Morgan fingerprint density at radius 3 is 2.31 bits per heavy atom. The van der Waals surface area contributed by atoms with Crippen LogP contribution in [0.3, 0.4) is 0 Å². The molecule has 3 aliphatic rings. The van der Waals surface area contributed by atoms with Gasteiger partial charge in [0.1, 0.15) is 12.9 Å². The maximum absolute atomic E-state index is 14.1. The Morgan fingerprint density at radius 1 is 1.04 bits per heavy atom. The van der Waals surface area contributed by atoms with Crippen molar-refractivity contribution in [2.45, 2.75) is 81.9 Å². The van der Waals surface area contributed by atoms with E-state index in [0.29, 0.717) is 17.4 Å². The fourth-order valence-electron chi connectivity index (χ4n) is 6.64. The number of benzene rings is 2. The second kappa shape index (κ2) is 11.4. The summed E-state index contributed by atoms with van der Waals surface area (Å²) in [6.07, 6.45) is 0.749. The fourth-order valence-corrected chi connectivity index (χ4v) is 7.64. The zero-order valence-corrected chi connectivity index (χ0v) is 26.3. The summed E-state index contributed by atoms with van der Waals surface area (Å²) in [5, 5.41) is 0. The van der Waals surface area contributed by atoms with Gasteiger partial charge in [-0.05, 0) is 94.5 Å². The Hall–Kier alpha value is -3.51. The maximum atomic E-state index is 14.1. The van der Waals surface area contributed by atoms with E-state index < -0.39 is 27.7 Å². The van der Waals surface area contributed by atoms with Gasteiger partial charge in [-0.3, -0.25) is 9.69 Å². The van der Waals surface area contributed by atoms with Crippen LogP contribution in [-0.2, 0) is 10.0 Å². The minimum Gasteiger partial charge on any atom is -0.476 e. The molecule has 240 valence electrons. The summed E-state index contributed by atoms with van der Waals surface area (Å²) in [6.45, 7) is 3.76. The number of carbonyl (C=O) groups is 1. The average molecular weight is 643 g/mol. The summed E-state index contributed by atoms with van der Waals surface area (Å²) < 4.78 is 77.3. The van der Waals surface area contributed by atoms with Gasteiger partial charge in [-0.25, -0.2) is 18.1 Å². The standard InChI is InChI=1S/C33H37F3N4O4S/c1-21-6-4-7-22(2)29(21)27-15-28(38-30(37-27)39-45(42,43)26-9-5-8-23(14-26)19-41)44-20-25(18-32(12-13-32)33(34,35)36)40(3)24-16-31(17-24)10-11-31/h4-9,14-15,19,24-25H,10-13,16-18,20H2,1-3H3,(H,37,38,39)/t25-/m0/s1. The van der Waals surface area contributed by atoms with E-state index in [4.69, 9.17) is 4.74 Å². The lowest BCUT2D eigenvalue weighted by atomic mass is 9.75. The lowest BCUT2D eigenvalue weighted by Crippen LogP contribution is -2.51. The van der Waals surface area contributed by atoms with Crippen LogP contribution in [0.2, 0.25) is 0 Å². The topological polar surface area (TPSA) is 101 Å². The summed E-state index contributed by atoms with van der Waals surface area (Å²) in [5.41, 5.74) is 1.82. The highest BCUT2D eigenvalue weighted by Gasteiger charge is 2.64. The first kappa shape index (κ1) is 31.5. The quantitative estimate of drug-likeness (QED) is 0.219. The molecule has 0 aliphatic heterocycles. The normalized spacial score (nSPS) is 19.2. The molecule has 8 nitrogen and oxygen atoms in total. The van der Waals surface area contributed by atoms with Gasteiger partial charge in [-0.1, -0.05) is 30.3 Å². The number of hydrogen-bond acceptors (Lipinski definition) is 7. The van der Waals surface area contributed by atoms with E-state index >= 15 is 0 Å². The molecule has 1 heterocycles. The highest BCUT2D eigenvalue weighted by molar-refractivity contribution is 7.92. The minimum absolute atomic E-state index is 0.0459. The van der Waals surface area contributed by atoms with Crippen molar-refractivity contribution in [2.75, 3.05) is 18.4 Å². The molecule has 1 N–H and O–H groups in total. The van der Waals surface area contributed by atoms with Gasteiger partial charge in [0.2, 0.25) is 11.8 Å². The molecule has 0 unspecified atom stereocenters. The van der Waals surface area contributed by atoms with Gasteiger partial charge < -0.3 is 4.74 Å². The second-order valence-corrected chi connectivity index (χ2v) is 14.8. The third kappa shape index (κ3) is 6.44. The molecule has 0 saturated heterocycles. The summed E-state index contributed by atoms with van der Waals surface area (Å²) in [4.78, 5) is 22.0. The highest BCUT2D eigenvalue weighted by atomic mass is 32.2. The summed E-state index contributed by atoms with van der Waals surface area (Å²) in [7, 11) is -2.31. The SMILES string of the molecule is Cc1cccc(C)c1-c1cc(OC[C@H](CC2(C(F)(F)F)CC2)N(C)C2CC3(CC3)C2)nc(NS(=O)(=O)c2cccc(C=O)c2)n1. The molecule has 0 amide bonds. The van der Waals surface area contributed by atoms with E-state index in [9.17, 15) is 26.4 Å². The predicted molar refractivity (Wildman–Crippen MR) is 164 cm³/mol. The molecule has 0 radical (unpaired) electrons. The molecule has 1 aromatic heterocycles. The van der Waals surface area contributed by atoms with E-state index in [2.05, 4.69) is 14.7 Å². The molecule has 3 fully saturated rings. The van der Waals surface area contributed by atoms with Gasteiger partial charge in [-0.15, -0.1) is 0 Å². The third-order valence-corrected chi connectivity index (χ3v) is 11.2. The molecule has 12 heteroatoms. The van der Waals surface area contributed by atoms with Gasteiger partial charge in [0.25, 0.3) is 10.0 Å². The third-order valence-electron chi connectivity index (χ3n) is 9.92. The number of aldehydes is 1. The van der Waals surface area contributed by atoms with Crippen LogP contribution in [0, 0.1) is 24.7 Å². The molecular weight excluding hydrogens is 605 g/mol. The Balaban J connectivity index is 1.31. The van der Waals surface area contributed by atoms with E-state index in [0.717, 1.165) is 29.5 Å². The molecule has 3 saturated carbocycles. The molecule has 0 bridgehead atoms. The number of nitrogens with zero attached hydrogens (tertiary/aromatic N) is 3. The van der Waals surface area contributed by atoms with Crippen LogP contribution in [0.4, 0.5) is 19.1 Å². The van der Waals surface area contributed by atoms with Crippen molar-refractivity contribution < 1.29 is 31.1 Å². The maximum Gasteiger partial charge on any atom is 0.394 e. The van der Waals surface area contributed by atoms with Crippen molar-refractivity contribution in [1.82, 2.24) is 14.9 Å². The predicted octanol–water partition coefficient (Wildman–Crippen LogP) is 6.73. The lowest BCUT2D eigenvalue weighted by molar-refractivity contribution is -0.194. The van der Waals surface area contributed by atoms with Gasteiger partial charge in [0.05, 0.1) is 16.0 Å². The summed E-state index contributed by atoms with van der Waals surface area (Å²) in [6, 6.07) is 12.5. The average Bonchev–Trinajstić information content (AvgIpc) is 3.89. The van der Waals surface area contributed by atoms with Gasteiger partial charge >= 0.3 is 6.18 Å². The van der Waals surface area contributed by atoms with Gasteiger partial charge in [0.15, 0.2) is 0 Å². The Kier molecular flexibility index (Phi) is 7.96. The molecule has 1 spiro atoms. The number of sulfonamides is 1. The zero-order chi connectivity index (χ0) is 32.2. The number of anilines is 1. The first-order valence-corrected chi connectivity index (χ1v) is 16.7. The van der Waals surface area contributed by atoms with E-state index in [1.54, 1.807) is 6.07 Å². The van der Waals surface area contributed by atoms with Crippen molar-refractivity contribution in [3.63, 3.8) is 0 Å². The number of nitrogens with one attached hydrogen (secondary N) is 1. The number of aromatic nitrogens is 2. The van der Waals surface area contributed by atoms with Crippen LogP contribution >= 0.6 is 0 Å².